The normalized spacial score (nSPS) is 12.1. The first-order valence-corrected chi connectivity index (χ1v) is 7.83. The number of nitrogens with one attached hydrogen (secondary N) is 1. The highest BCUT2D eigenvalue weighted by molar-refractivity contribution is 9.10. The van der Waals surface area contributed by atoms with Gasteiger partial charge in [-0.1, -0.05) is 51.8 Å². The van der Waals surface area contributed by atoms with Crippen LogP contribution in [-0.2, 0) is 6.54 Å². The molecule has 112 valence electrons. The summed E-state index contributed by atoms with van der Waals surface area (Å²) in [7, 11) is 0. The summed E-state index contributed by atoms with van der Waals surface area (Å²) in [4.78, 5) is 0. The van der Waals surface area contributed by atoms with E-state index in [0.717, 1.165) is 20.8 Å². The van der Waals surface area contributed by atoms with Crippen molar-refractivity contribution in [1.29, 1.82) is 0 Å². The van der Waals surface area contributed by atoms with E-state index < -0.39 is 6.10 Å². The zero-order valence-corrected chi connectivity index (χ0v) is 13.8. The molecule has 3 nitrogen and oxygen atoms in total. The van der Waals surface area contributed by atoms with Crippen LogP contribution in [0.1, 0.15) is 5.56 Å². The lowest BCUT2D eigenvalue weighted by Crippen LogP contribution is -2.31. The predicted octanol–water partition coefficient (Wildman–Crippen LogP) is 3.63. The number of rotatable bonds is 7. The molecular weight excluding hydrogens is 354 g/mol. The number of hydrogen-bond acceptors (Lipinski definition) is 3. The molecule has 0 radical (unpaired) electrons. The SMILES string of the molecule is OC(CNCc1ccccc1Cl)COc1cccc(Br)c1. The maximum Gasteiger partial charge on any atom is 0.120 e. The van der Waals surface area contributed by atoms with Crippen LogP contribution in [-0.4, -0.2) is 24.4 Å². The first-order valence-electron chi connectivity index (χ1n) is 6.65. The Morgan fingerprint density at radius 3 is 2.76 bits per heavy atom. The van der Waals surface area contributed by atoms with E-state index in [0.29, 0.717) is 13.1 Å². The number of benzene rings is 2. The van der Waals surface area contributed by atoms with E-state index in [1.165, 1.54) is 0 Å². The Hall–Kier alpha value is -1.07. The Bertz CT molecular complexity index is 580. The topological polar surface area (TPSA) is 41.5 Å². The van der Waals surface area contributed by atoms with Gasteiger partial charge in [0.05, 0.1) is 0 Å². The largest absolute Gasteiger partial charge is 0.491 e. The molecule has 2 aromatic rings. The van der Waals surface area contributed by atoms with Gasteiger partial charge in [-0.05, 0) is 29.8 Å². The third kappa shape index (κ3) is 5.67. The third-order valence-electron chi connectivity index (χ3n) is 2.89. The minimum absolute atomic E-state index is 0.242. The van der Waals surface area contributed by atoms with Gasteiger partial charge in [0.15, 0.2) is 0 Å². The van der Waals surface area contributed by atoms with Crippen molar-refractivity contribution in [2.75, 3.05) is 13.2 Å². The summed E-state index contributed by atoms with van der Waals surface area (Å²) in [6, 6.07) is 15.2. The number of halogens is 2. The van der Waals surface area contributed by atoms with E-state index in [9.17, 15) is 5.11 Å². The molecule has 5 heteroatoms. The fourth-order valence-corrected chi connectivity index (χ4v) is 2.40. The number of aliphatic hydroxyl groups excluding tert-OH is 1. The summed E-state index contributed by atoms with van der Waals surface area (Å²) in [5.41, 5.74) is 1.01. The quantitative estimate of drug-likeness (QED) is 0.782. The van der Waals surface area contributed by atoms with Gasteiger partial charge in [0.1, 0.15) is 18.5 Å². The molecule has 0 amide bonds. The van der Waals surface area contributed by atoms with Gasteiger partial charge in [0.2, 0.25) is 0 Å². The van der Waals surface area contributed by atoms with E-state index in [2.05, 4.69) is 21.2 Å². The molecule has 1 atom stereocenters. The zero-order chi connectivity index (χ0) is 15.1. The van der Waals surface area contributed by atoms with Crippen molar-refractivity contribution in [3.05, 3.63) is 63.6 Å². The maximum atomic E-state index is 9.89. The summed E-state index contributed by atoms with van der Waals surface area (Å²) in [5.74, 6) is 0.731. The Morgan fingerprint density at radius 2 is 2.00 bits per heavy atom. The highest BCUT2D eigenvalue weighted by Gasteiger charge is 2.06. The van der Waals surface area contributed by atoms with Gasteiger partial charge >= 0.3 is 0 Å². The smallest absolute Gasteiger partial charge is 0.120 e. The van der Waals surface area contributed by atoms with Crippen LogP contribution in [0.2, 0.25) is 5.02 Å². The lowest BCUT2D eigenvalue weighted by Gasteiger charge is -2.14. The molecule has 2 rings (SSSR count). The van der Waals surface area contributed by atoms with Crippen LogP contribution in [0, 0.1) is 0 Å². The van der Waals surface area contributed by atoms with Gasteiger partial charge in [-0.2, -0.15) is 0 Å². The van der Waals surface area contributed by atoms with Crippen LogP contribution in [0.3, 0.4) is 0 Å². The van der Waals surface area contributed by atoms with E-state index in [-0.39, 0.29) is 6.61 Å². The van der Waals surface area contributed by atoms with Gasteiger partial charge < -0.3 is 15.2 Å². The first kappa shape index (κ1) is 16.3. The molecule has 0 saturated heterocycles. The molecule has 0 saturated carbocycles. The molecule has 0 heterocycles. The monoisotopic (exact) mass is 369 g/mol. The van der Waals surface area contributed by atoms with E-state index in [4.69, 9.17) is 16.3 Å². The van der Waals surface area contributed by atoms with Gasteiger partial charge in [-0.15, -0.1) is 0 Å². The van der Waals surface area contributed by atoms with Crippen LogP contribution in [0.4, 0.5) is 0 Å². The van der Waals surface area contributed by atoms with Crippen molar-refractivity contribution in [2.45, 2.75) is 12.6 Å². The second-order valence-corrected chi connectivity index (χ2v) is 5.97. The molecule has 21 heavy (non-hydrogen) atoms. The van der Waals surface area contributed by atoms with Crippen molar-refractivity contribution < 1.29 is 9.84 Å². The van der Waals surface area contributed by atoms with Crippen molar-refractivity contribution >= 4 is 27.5 Å². The molecule has 2 N–H and O–H groups in total. The van der Waals surface area contributed by atoms with Crippen LogP contribution in [0.25, 0.3) is 0 Å². The van der Waals surface area contributed by atoms with Crippen LogP contribution < -0.4 is 10.1 Å². The number of hydrogen-bond donors (Lipinski definition) is 2. The predicted molar refractivity (Wildman–Crippen MR) is 88.8 cm³/mol. The maximum absolute atomic E-state index is 9.89. The highest BCUT2D eigenvalue weighted by Crippen LogP contribution is 2.18. The van der Waals surface area contributed by atoms with Gasteiger partial charge in [0, 0.05) is 22.6 Å². The summed E-state index contributed by atoms with van der Waals surface area (Å²) >= 11 is 9.44. The Balaban J connectivity index is 1.70. The molecule has 0 fully saturated rings. The molecule has 2 aromatic carbocycles. The highest BCUT2D eigenvalue weighted by atomic mass is 79.9. The van der Waals surface area contributed by atoms with Crippen LogP contribution in [0.5, 0.6) is 5.75 Å². The Kier molecular flexibility index (Phi) is 6.51. The fraction of sp³-hybridized carbons (Fsp3) is 0.250. The van der Waals surface area contributed by atoms with Gasteiger partial charge in [-0.3, -0.25) is 0 Å². The van der Waals surface area contributed by atoms with Crippen LogP contribution in [0.15, 0.2) is 53.0 Å². The lowest BCUT2D eigenvalue weighted by molar-refractivity contribution is 0.106. The second kappa shape index (κ2) is 8.39. The average Bonchev–Trinajstić information content (AvgIpc) is 2.47. The molecular formula is C16H17BrClNO2. The van der Waals surface area contributed by atoms with Crippen molar-refractivity contribution in [3.63, 3.8) is 0 Å². The molecule has 0 aliphatic carbocycles. The summed E-state index contributed by atoms with van der Waals surface area (Å²) in [6.07, 6.45) is -0.577. The number of aliphatic hydroxyl groups is 1. The van der Waals surface area contributed by atoms with E-state index in [1.807, 2.05) is 48.5 Å². The molecule has 0 aliphatic rings. The minimum atomic E-state index is -0.577. The lowest BCUT2D eigenvalue weighted by atomic mass is 10.2. The number of ether oxygens (including phenoxy) is 1. The standard InChI is InChI=1S/C16H17BrClNO2/c17-13-5-3-6-15(8-13)21-11-14(20)10-19-9-12-4-1-2-7-16(12)18/h1-8,14,19-20H,9-11H2. The fourth-order valence-electron chi connectivity index (χ4n) is 1.82. The van der Waals surface area contributed by atoms with Gasteiger partial charge in [-0.25, -0.2) is 0 Å². The third-order valence-corrected chi connectivity index (χ3v) is 3.75. The Labute approximate surface area is 138 Å². The molecule has 0 bridgehead atoms. The summed E-state index contributed by atoms with van der Waals surface area (Å²) < 4.78 is 6.48. The second-order valence-electron chi connectivity index (χ2n) is 4.64. The van der Waals surface area contributed by atoms with Gasteiger partial charge in [0.25, 0.3) is 0 Å². The summed E-state index contributed by atoms with van der Waals surface area (Å²) in [6.45, 7) is 1.30. The molecule has 0 aromatic heterocycles. The van der Waals surface area contributed by atoms with Crippen molar-refractivity contribution in [2.24, 2.45) is 0 Å². The average molecular weight is 371 g/mol. The van der Waals surface area contributed by atoms with E-state index in [1.54, 1.807) is 0 Å². The zero-order valence-electron chi connectivity index (χ0n) is 11.4. The molecule has 1 unspecified atom stereocenters. The van der Waals surface area contributed by atoms with E-state index >= 15 is 0 Å². The van der Waals surface area contributed by atoms with Crippen molar-refractivity contribution in [3.8, 4) is 5.75 Å². The molecule has 0 aliphatic heterocycles. The summed E-state index contributed by atoms with van der Waals surface area (Å²) in [5, 5.41) is 13.8. The van der Waals surface area contributed by atoms with Crippen LogP contribution >= 0.6 is 27.5 Å². The Morgan fingerprint density at radius 1 is 1.19 bits per heavy atom. The molecule has 0 spiro atoms. The first-order chi connectivity index (χ1) is 10.1. The minimum Gasteiger partial charge on any atom is -0.491 e. The van der Waals surface area contributed by atoms with Crippen molar-refractivity contribution in [1.82, 2.24) is 5.32 Å².